The molecule has 0 aromatic carbocycles. The number of aliphatic hydroxyl groups is 2. The summed E-state index contributed by atoms with van der Waals surface area (Å²) < 4.78 is 9.49. The Bertz CT molecular complexity index is 284. The molecule has 0 bridgehead atoms. The first-order valence-corrected chi connectivity index (χ1v) is 7.67. The highest BCUT2D eigenvalue weighted by molar-refractivity contribution is 5.79. The third-order valence-corrected chi connectivity index (χ3v) is 2.80. The molecule has 0 aliphatic rings. The molecular formula is C14H28N2O6. The summed E-state index contributed by atoms with van der Waals surface area (Å²) in [5.41, 5.74) is 0. The number of carbonyl (C=O) groups excluding carboxylic acids is 2. The van der Waals surface area contributed by atoms with Gasteiger partial charge in [-0.25, -0.2) is 0 Å². The van der Waals surface area contributed by atoms with Crippen molar-refractivity contribution in [3.63, 3.8) is 0 Å². The lowest BCUT2D eigenvalue weighted by molar-refractivity contribution is -0.157. The molecule has 22 heavy (non-hydrogen) atoms. The van der Waals surface area contributed by atoms with Gasteiger partial charge in [-0.1, -0.05) is 12.8 Å². The van der Waals surface area contributed by atoms with Crippen LogP contribution in [0.5, 0.6) is 0 Å². The van der Waals surface area contributed by atoms with Crippen molar-refractivity contribution in [2.75, 3.05) is 26.3 Å². The minimum atomic E-state index is -1.41. The Morgan fingerprint density at radius 2 is 1.18 bits per heavy atom. The molecule has 0 saturated heterocycles. The summed E-state index contributed by atoms with van der Waals surface area (Å²) in [6.45, 7) is 4.89. The first-order chi connectivity index (χ1) is 10.5. The lowest BCUT2D eigenvalue weighted by atomic mass is 10.2. The summed E-state index contributed by atoms with van der Waals surface area (Å²) in [6, 6.07) is 0. The number of unbranched alkanes of at least 4 members (excludes halogenated alkanes) is 3. The Balaban J connectivity index is 3.44. The molecule has 0 heterocycles. The van der Waals surface area contributed by atoms with Crippen LogP contribution in [0, 0.1) is 0 Å². The van der Waals surface area contributed by atoms with Crippen LogP contribution in [-0.4, -0.2) is 60.9 Å². The lowest BCUT2D eigenvalue weighted by Gasteiger charge is -2.11. The summed E-state index contributed by atoms with van der Waals surface area (Å²) in [7, 11) is 0. The Hall–Kier alpha value is -1.22. The van der Waals surface area contributed by atoms with Gasteiger partial charge in [-0.05, 0) is 26.7 Å². The van der Waals surface area contributed by atoms with Crippen molar-refractivity contribution in [1.29, 1.82) is 0 Å². The molecule has 0 spiro atoms. The fraction of sp³-hybridized carbons (Fsp3) is 0.857. The van der Waals surface area contributed by atoms with Crippen LogP contribution < -0.4 is 10.6 Å². The van der Waals surface area contributed by atoms with Crippen LogP contribution in [0.3, 0.4) is 0 Å². The standard InChI is InChI=1S/C14H28N2O6/c1-3-21-13(19)11(17)15-9-7-5-6-8-10-16-12(18)14(20)22-4-2/h13-14,19-20H,3-10H2,1-2H3,(H,15,17)(H,16,18). The number of ether oxygens (including phenoxy) is 2. The van der Waals surface area contributed by atoms with Crippen LogP contribution in [0.25, 0.3) is 0 Å². The Morgan fingerprint density at radius 3 is 1.50 bits per heavy atom. The predicted octanol–water partition coefficient (Wildman–Crippen LogP) is -0.511. The monoisotopic (exact) mass is 320 g/mol. The van der Waals surface area contributed by atoms with Crippen molar-refractivity contribution < 1.29 is 29.3 Å². The van der Waals surface area contributed by atoms with E-state index in [1.54, 1.807) is 13.8 Å². The number of carbonyl (C=O) groups is 2. The van der Waals surface area contributed by atoms with Gasteiger partial charge in [0.25, 0.3) is 11.8 Å². The second-order valence-electron chi connectivity index (χ2n) is 4.61. The molecule has 0 aromatic rings. The normalized spacial score (nSPS) is 13.5. The SMILES string of the molecule is CCOC(O)C(=O)NCCCCCCNC(=O)C(O)OCC. The van der Waals surface area contributed by atoms with Crippen molar-refractivity contribution in [2.45, 2.75) is 52.1 Å². The first-order valence-electron chi connectivity index (χ1n) is 7.67. The third-order valence-electron chi connectivity index (χ3n) is 2.80. The minimum Gasteiger partial charge on any atom is -0.361 e. The number of amides is 2. The zero-order valence-electron chi connectivity index (χ0n) is 13.3. The first kappa shape index (κ1) is 20.8. The molecule has 130 valence electrons. The van der Waals surface area contributed by atoms with E-state index in [0.717, 1.165) is 25.7 Å². The van der Waals surface area contributed by atoms with E-state index in [1.807, 2.05) is 0 Å². The van der Waals surface area contributed by atoms with Crippen LogP contribution in [-0.2, 0) is 19.1 Å². The highest BCUT2D eigenvalue weighted by atomic mass is 16.6. The minimum absolute atomic E-state index is 0.276. The van der Waals surface area contributed by atoms with Gasteiger partial charge in [0.2, 0.25) is 12.6 Å². The van der Waals surface area contributed by atoms with Crippen molar-refractivity contribution in [2.24, 2.45) is 0 Å². The molecule has 0 rings (SSSR count). The third kappa shape index (κ3) is 10.5. The second kappa shape index (κ2) is 13.4. The average Bonchev–Trinajstić information content (AvgIpc) is 2.49. The van der Waals surface area contributed by atoms with Gasteiger partial charge in [-0.3, -0.25) is 9.59 Å². The molecule has 2 atom stereocenters. The predicted molar refractivity (Wildman–Crippen MR) is 79.8 cm³/mol. The summed E-state index contributed by atoms with van der Waals surface area (Å²) in [4.78, 5) is 22.6. The van der Waals surface area contributed by atoms with Gasteiger partial charge >= 0.3 is 0 Å². The summed E-state index contributed by atoms with van der Waals surface area (Å²) in [5, 5.41) is 23.6. The summed E-state index contributed by atoms with van der Waals surface area (Å²) >= 11 is 0. The molecule has 8 heteroatoms. The van der Waals surface area contributed by atoms with Crippen LogP contribution in [0.15, 0.2) is 0 Å². The molecule has 0 aliphatic carbocycles. The number of aliphatic hydroxyl groups excluding tert-OH is 2. The fourth-order valence-electron chi connectivity index (χ4n) is 1.67. The smallest absolute Gasteiger partial charge is 0.276 e. The summed E-state index contributed by atoms with van der Waals surface area (Å²) in [6.07, 6.45) is 0.512. The molecule has 0 aromatic heterocycles. The highest BCUT2D eigenvalue weighted by Gasteiger charge is 2.14. The maximum Gasteiger partial charge on any atom is 0.276 e. The van der Waals surface area contributed by atoms with Gasteiger partial charge in [0.1, 0.15) is 0 Å². The molecule has 8 nitrogen and oxygen atoms in total. The van der Waals surface area contributed by atoms with Crippen LogP contribution in [0.4, 0.5) is 0 Å². The zero-order valence-corrected chi connectivity index (χ0v) is 13.3. The van der Waals surface area contributed by atoms with Crippen molar-refractivity contribution in [1.82, 2.24) is 10.6 Å². The van der Waals surface area contributed by atoms with Crippen LogP contribution >= 0.6 is 0 Å². The molecule has 2 amide bonds. The maximum absolute atomic E-state index is 11.3. The zero-order chi connectivity index (χ0) is 16.8. The van der Waals surface area contributed by atoms with E-state index in [2.05, 4.69) is 10.6 Å². The van der Waals surface area contributed by atoms with E-state index in [-0.39, 0.29) is 13.2 Å². The number of hydrogen-bond donors (Lipinski definition) is 4. The van der Waals surface area contributed by atoms with E-state index in [9.17, 15) is 19.8 Å². The van der Waals surface area contributed by atoms with Gasteiger partial charge in [-0.15, -0.1) is 0 Å². The molecule has 0 saturated carbocycles. The maximum atomic E-state index is 11.3. The van der Waals surface area contributed by atoms with E-state index in [0.29, 0.717) is 13.1 Å². The van der Waals surface area contributed by atoms with Crippen LogP contribution in [0.1, 0.15) is 39.5 Å². The lowest BCUT2D eigenvalue weighted by Crippen LogP contribution is -2.37. The largest absolute Gasteiger partial charge is 0.361 e. The van der Waals surface area contributed by atoms with Crippen molar-refractivity contribution in [3.05, 3.63) is 0 Å². The Labute approximate surface area is 131 Å². The molecule has 0 aliphatic heterocycles. The Kier molecular flexibility index (Phi) is 12.7. The topological polar surface area (TPSA) is 117 Å². The van der Waals surface area contributed by atoms with Gasteiger partial charge in [0.15, 0.2) is 0 Å². The number of nitrogens with one attached hydrogen (secondary N) is 2. The van der Waals surface area contributed by atoms with Crippen molar-refractivity contribution >= 4 is 11.8 Å². The van der Waals surface area contributed by atoms with Gasteiger partial charge < -0.3 is 30.3 Å². The van der Waals surface area contributed by atoms with E-state index in [4.69, 9.17) is 9.47 Å². The Morgan fingerprint density at radius 1 is 0.818 bits per heavy atom. The fourth-order valence-corrected chi connectivity index (χ4v) is 1.67. The van der Waals surface area contributed by atoms with Crippen LogP contribution in [0.2, 0.25) is 0 Å². The molecule has 0 fully saturated rings. The number of hydrogen-bond acceptors (Lipinski definition) is 6. The highest BCUT2D eigenvalue weighted by Crippen LogP contribution is 1.98. The van der Waals surface area contributed by atoms with Gasteiger partial charge in [0.05, 0.1) is 0 Å². The van der Waals surface area contributed by atoms with E-state index >= 15 is 0 Å². The molecule has 0 radical (unpaired) electrons. The van der Waals surface area contributed by atoms with Crippen molar-refractivity contribution in [3.8, 4) is 0 Å². The average molecular weight is 320 g/mol. The molecular weight excluding hydrogens is 292 g/mol. The van der Waals surface area contributed by atoms with E-state index < -0.39 is 24.4 Å². The molecule has 4 N–H and O–H groups in total. The second-order valence-corrected chi connectivity index (χ2v) is 4.61. The quantitative estimate of drug-likeness (QED) is 0.268. The molecule has 2 unspecified atom stereocenters. The van der Waals surface area contributed by atoms with E-state index in [1.165, 1.54) is 0 Å². The van der Waals surface area contributed by atoms with Gasteiger partial charge in [-0.2, -0.15) is 0 Å². The van der Waals surface area contributed by atoms with Gasteiger partial charge in [0, 0.05) is 26.3 Å². The number of rotatable bonds is 13. The summed E-state index contributed by atoms with van der Waals surface area (Å²) in [5.74, 6) is -1.06.